The minimum absolute atomic E-state index is 0.0636. The van der Waals surface area contributed by atoms with Gasteiger partial charge in [0.25, 0.3) is 10.2 Å². The molecular formula is C11H19N3O2S. The van der Waals surface area contributed by atoms with Crippen LogP contribution >= 0.6 is 0 Å². The van der Waals surface area contributed by atoms with Gasteiger partial charge in [-0.2, -0.15) is 22.3 Å². The van der Waals surface area contributed by atoms with Crippen molar-refractivity contribution in [3.8, 4) is 6.07 Å². The van der Waals surface area contributed by atoms with Gasteiger partial charge in [0, 0.05) is 19.1 Å². The molecule has 96 valence electrons. The summed E-state index contributed by atoms with van der Waals surface area (Å²) in [6.45, 7) is 3.04. The van der Waals surface area contributed by atoms with Gasteiger partial charge in [-0.05, 0) is 32.6 Å². The fourth-order valence-corrected chi connectivity index (χ4v) is 4.72. The van der Waals surface area contributed by atoms with Crippen molar-refractivity contribution in [2.45, 2.75) is 51.1 Å². The van der Waals surface area contributed by atoms with Crippen LogP contribution < -0.4 is 0 Å². The van der Waals surface area contributed by atoms with Gasteiger partial charge in [0.2, 0.25) is 0 Å². The van der Waals surface area contributed by atoms with E-state index in [1.807, 2.05) is 6.92 Å². The lowest BCUT2D eigenvalue weighted by Gasteiger charge is -2.35. The van der Waals surface area contributed by atoms with E-state index in [2.05, 4.69) is 6.07 Å². The highest BCUT2D eigenvalue weighted by atomic mass is 32.2. The minimum Gasteiger partial charge on any atom is -0.197 e. The second-order valence-corrected chi connectivity index (χ2v) is 6.69. The third-order valence-corrected chi connectivity index (χ3v) is 5.85. The van der Waals surface area contributed by atoms with Gasteiger partial charge >= 0.3 is 0 Å². The zero-order valence-corrected chi connectivity index (χ0v) is 11.0. The molecule has 0 radical (unpaired) electrons. The second kappa shape index (κ2) is 4.92. The summed E-state index contributed by atoms with van der Waals surface area (Å²) in [6, 6.07) is 1.69. The maximum Gasteiger partial charge on any atom is 0.283 e. The molecule has 0 aromatic carbocycles. The van der Waals surface area contributed by atoms with Crippen LogP contribution in [0.4, 0.5) is 0 Å². The molecular weight excluding hydrogens is 238 g/mol. The normalized spacial score (nSPS) is 32.5. The van der Waals surface area contributed by atoms with E-state index in [4.69, 9.17) is 5.26 Å². The maximum absolute atomic E-state index is 12.5. The zero-order valence-electron chi connectivity index (χ0n) is 10.2. The lowest BCUT2D eigenvalue weighted by Crippen LogP contribution is -2.50. The summed E-state index contributed by atoms with van der Waals surface area (Å²) in [4.78, 5) is 0. The quantitative estimate of drug-likeness (QED) is 0.744. The molecule has 2 heterocycles. The van der Waals surface area contributed by atoms with E-state index in [1.54, 1.807) is 4.31 Å². The summed E-state index contributed by atoms with van der Waals surface area (Å²) < 4.78 is 27.9. The number of hydrogen-bond acceptors (Lipinski definition) is 3. The Morgan fingerprint density at radius 2 is 1.82 bits per heavy atom. The molecule has 2 rings (SSSR count). The molecule has 0 aromatic rings. The molecule has 2 unspecified atom stereocenters. The summed E-state index contributed by atoms with van der Waals surface area (Å²) in [5.41, 5.74) is 0. The van der Waals surface area contributed by atoms with E-state index in [1.165, 1.54) is 4.31 Å². The first-order valence-electron chi connectivity index (χ1n) is 6.25. The van der Waals surface area contributed by atoms with Crippen LogP contribution in [-0.2, 0) is 10.2 Å². The molecule has 17 heavy (non-hydrogen) atoms. The first-order valence-corrected chi connectivity index (χ1v) is 7.65. The highest BCUT2D eigenvalue weighted by molar-refractivity contribution is 7.86. The number of nitrogens with zero attached hydrogens (tertiary/aromatic N) is 3. The van der Waals surface area contributed by atoms with Crippen molar-refractivity contribution in [2.24, 2.45) is 0 Å². The van der Waals surface area contributed by atoms with E-state index in [0.29, 0.717) is 19.5 Å². The van der Waals surface area contributed by atoms with Crippen LogP contribution in [0.5, 0.6) is 0 Å². The van der Waals surface area contributed by atoms with Crippen LogP contribution in [0.3, 0.4) is 0 Å². The molecule has 2 aliphatic heterocycles. The monoisotopic (exact) mass is 257 g/mol. The standard InChI is InChI=1S/C11H19N3O2S/c1-10-5-2-3-7-13(10)17(15,16)14-8-4-6-11(14)9-12/h10-11H,2-8H2,1H3. The van der Waals surface area contributed by atoms with E-state index >= 15 is 0 Å². The van der Waals surface area contributed by atoms with Crippen molar-refractivity contribution < 1.29 is 8.42 Å². The van der Waals surface area contributed by atoms with Crippen LogP contribution in [-0.4, -0.2) is 42.2 Å². The van der Waals surface area contributed by atoms with Crippen LogP contribution in [0, 0.1) is 11.3 Å². The number of nitriles is 1. The van der Waals surface area contributed by atoms with Gasteiger partial charge in [0.1, 0.15) is 6.04 Å². The zero-order chi connectivity index (χ0) is 12.5. The number of hydrogen-bond donors (Lipinski definition) is 0. The largest absolute Gasteiger partial charge is 0.283 e. The summed E-state index contributed by atoms with van der Waals surface area (Å²) >= 11 is 0. The Kier molecular flexibility index (Phi) is 3.71. The third kappa shape index (κ3) is 2.32. The molecule has 2 atom stereocenters. The van der Waals surface area contributed by atoms with Crippen molar-refractivity contribution in [1.29, 1.82) is 5.26 Å². The molecule has 0 N–H and O–H groups in total. The molecule has 0 aromatic heterocycles. The Labute approximate surface area is 103 Å². The molecule has 5 nitrogen and oxygen atoms in total. The Bertz CT molecular complexity index is 415. The second-order valence-electron chi connectivity index (χ2n) is 4.86. The Morgan fingerprint density at radius 1 is 1.12 bits per heavy atom. The lowest BCUT2D eigenvalue weighted by molar-refractivity contribution is 0.246. The van der Waals surface area contributed by atoms with Crippen LogP contribution in [0.1, 0.15) is 39.0 Å². The van der Waals surface area contributed by atoms with E-state index in [0.717, 1.165) is 25.7 Å². The molecule has 0 saturated carbocycles. The summed E-state index contributed by atoms with van der Waals surface area (Å²) in [5.74, 6) is 0. The number of piperidine rings is 1. The number of rotatable bonds is 2. The van der Waals surface area contributed by atoms with Gasteiger partial charge in [-0.3, -0.25) is 0 Å². The Hall–Kier alpha value is -0.640. The smallest absolute Gasteiger partial charge is 0.197 e. The van der Waals surface area contributed by atoms with Crippen LogP contribution in [0.2, 0.25) is 0 Å². The van der Waals surface area contributed by atoms with Crippen LogP contribution in [0.15, 0.2) is 0 Å². The fraction of sp³-hybridized carbons (Fsp3) is 0.909. The van der Waals surface area contributed by atoms with E-state index in [-0.39, 0.29) is 6.04 Å². The average molecular weight is 257 g/mol. The van der Waals surface area contributed by atoms with Gasteiger partial charge in [-0.15, -0.1) is 0 Å². The minimum atomic E-state index is -3.43. The molecule has 0 bridgehead atoms. The van der Waals surface area contributed by atoms with Crippen molar-refractivity contribution in [2.75, 3.05) is 13.1 Å². The summed E-state index contributed by atoms with van der Waals surface area (Å²) in [5, 5.41) is 8.99. The molecule has 2 fully saturated rings. The molecule has 0 aliphatic carbocycles. The predicted molar refractivity (Wildman–Crippen MR) is 64.3 cm³/mol. The Morgan fingerprint density at radius 3 is 2.47 bits per heavy atom. The van der Waals surface area contributed by atoms with Crippen molar-refractivity contribution >= 4 is 10.2 Å². The lowest BCUT2D eigenvalue weighted by atomic mass is 10.1. The first-order chi connectivity index (χ1) is 8.07. The van der Waals surface area contributed by atoms with Gasteiger partial charge in [-0.1, -0.05) is 6.42 Å². The maximum atomic E-state index is 12.5. The van der Waals surface area contributed by atoms with E-state index in [9.17, 15) is 8.42 Å². The predicted octanol–water partition coefficient (Wildman–Crippen LogP) is 1.09. The molecule has 2 aliphatic rings. The van der Waals surface area contributed by atoms with Crippen molar-refractivity contribution in [3.63, 3.8) is 0 Å². The molecule has 0 amide bonds. The summed E-state index contributed by atoms with van der Waals surface area (Å²) in [7, 11) is -3.43. The topological polar surface area (TPSA) is 64.4 Å². The van der Waals surface area contributed by atoms with Crippen molar-refractivity contribution in [1.82, 2.24) is 8.61 Å². The third-order valence-electron chi connectivity index (χ3n) is 3.69. The van der Waals surface area contributed by atoms with E-state index < -0.39 is 16.3 Å². The van der Waals surface area contributed by atoms with Crippen LogP contribution in [0.25, 0.3) is 0 Å². The molecule has 0 spiro atoms. The highest BCUT2D eigenvalue weighted by Crippen LogP contribution is 2.27. The molecule has 6 heteroatoms. The first kappa shape index (κ1) is 12.8. The average Bonchev–Trinajstić information content (AvgIpc) is 2.78. The Balaban J connectivity index is 2.20. The van der Waals surface area contributed by atoms with Gasteiger partial charge < -0.3 is 0 Å². The van der Waals surface area contributed by atoms with Crippen molar-refractivity contribution in [3.05, 3.63) is 0 Å². The van der Waals surface area contributed by atoms with Gasteiger partial charge in [0.05, 0.1) is 6.07 Å². The highest BCUT2D eigenvalue weighted by Gasteiger charge is 2.40. The van der Waals surface area contributed by atoms with Gasteiger partial charge in [0.15, 0.2) is 0 Å². The molecule has 2 saturated heterocycles. The SMILES string of the molecule is CC1CCCCN1S(=O)(=O)N1CCCC1C#N. The summed E-state index contributed by atoms with van der Waals surface area (Å²) in [6.07, 6.45) is 4.39. The fourth-order valence-electron chi connectivity index (χ4n) is 2.69. The van der Waals surface area contributed by atoms with Gasteiger partial charge in [-0.25, -0.2) is 0 Å².